The average Bonchev–Trinajstić information content (AvgIpc) is 2.81. The molecule has 4 heteroatoms. The number of aryl methyl sites for hydroxylation is 4. The molecule has 0 amide bonds. The fourth-order valence-corrected chi connectivity index (χ4v) is 2.78. The highest BCUT2D eigenvalue weighted by atomic mass is 15.5. The lowest BCUT2D eigenvalue weighted by Gasteiger charge is -2.09. The van der Waals surface area contributed by atoms with Gasteiger partial charge in [0.25, 0.3) is 0 Å². The van der Waals surface area contributed by atoms with Crippen LogP contribution in [0.3, 0.4) is 0 Å². The Morgan fingerprint density at radius 2 is 1.50 bits per heavy atom. The van der Waals surface area contributed by atoms with Crippen molar-refractivity contribution >= 4 is 5.82 Å². The van der Waals surface area contributed by atoms with Crippen LogP contribution in [0.15, 0.2) is 36.4 Å². The van der Waals surface area contributed by atoms with Crippen LogP contribution in [-0.4, -0.2) is 15.0 Å². The van der Waals surface area contributed by atoms with Crippen LogP contribution in [-0.2, 0) is 0 Å². The Morgan fingerprint density at radius 3 is 2.14 bits per heavy atom. The lowest BCUT2D eigenvalue weighted by molar-refractivity contribution is 0.805. The summed E-state index contributed by atoms with van der Waals surface area (Å²) < 4.78 is 1.71. The van der Waals surface area contributed by atoms with Gasteiger partial charge in [-0.3, -0.25) is 0 Å². The van der Waals surface area contributed by atoms with Crippen LogP contribution in [0.2, 0.25) is 0 Å². The molecule has 1 aromatic heterocycles. The van der Waals surface area contributed by atoms with Gasteiger partial charge >= 0.3 is 0 Å². The number of anilines is 1. The maximum absolute atomic E-state index is 6.32. The van der Waals surface area contributed by atoms with Gasteiger partial charge in [0.1, 0.15) is 5.69 Å². The Labute approximate surface area is 130 Å². The zero-order chi connectivity index (χ0) is 15.9. The van der Waals surface area contributed by atoms with Gasteiger partial charge in [-0.25, -0.2) is 0 Å². The summed E-state index contributed by atoms with van der Waals surface area (Å²) in [4.78, 5) is 0. The highest BCUT2D eigenvalue weighted by Crippen LogP contribution is 2.29. The number of hydrogen-bond acceptors (Lipinski definition) is 3. The molecule has 0 bridgehead atoms. The number of nitrogens with zero attached hydrogens (tertiary/aromatic N) is 3. The van der Waals surface area contributed by atoms with Gasteiger partial charge in [-0.1, -0.05) is 46.7 Å². The summed E-state index contributed by atoms with van der Waals surface area (Å²) in [7, 11) is 0. The second-order valence-electron chi connectivity index (χ2n) is 5.84. The Morgan fingerprint density at radius 1 is 0.864 bits per heavy atom. The molecule has 3 rings (SSSR count). The predicted molar refractivity (Wildman–Crippen MR) is 90.2 cm³/mol. The summed E-state index contributed by atoms with van der Waals surface area (Å²) in [5.74, 6) is 0.568. The van der Waals surface area contributed by atoms with E-state index in [0.29, 0.717) is 5.82 Å². The maximum Gasteiger partial charge on any atom is 0.155 e. The van der Waals surface area contributed by atoms with Crippen molar-refractivity contribution in [2.24, 2.45) is 0 Å². The molecule has 0 atom stereocenters. The third kappa shape index (κ3) is 2.37. The van der Waals surface area contributed by atoms with Gasteiger partial charge in [0, 0.05) is 5.56 Å². The molecule has 0 aliphatic rings. The predicted octanol–water partition coefficient (Wildman–Crippen LogP) is 3.75. The Bertz CT molecular complexity index is 777. The third-order valence-corrected chi connectivity index (χ3v) is 3.92. The molecule has 0 aliphatic heterocycles. The van der Waals surface area contributed by atoms with Gasteiger partial charge < -0.3 is 5.73 Å². The van der Waals surface area contributed by atoms with Crippen LogP contribution >= 0.6 is 0 Å². The summed E-state index contributed by atoms with van der Waals surface area (Å²) in [5, 5.41) is 8.56. The summed E-state index contributed by atoms with van der Waals surface area (Å²) in [6, 6.07) is 12.5. The van der Waals surface area contributed by atoms with Crippen LogP contribution in [0.4, 0.5) is 5.82 Å². The molecule has 4 nitrogen and oxygen atoms in total. The van der Waals surface area contributed by atoms with E-state index >= 15 is 0 Å². The summed E-state index contributed by atoms with van der Waals surface area (Å²) in [6.45, 7) is 8.27. The SMILES string of the molecule is Cc1ccc(-c2nnn(-c3ccc(C)cc3C)c2N)c(C)c1. The topological polar surface area (TPSA) is 56.7 Å². The van der Waals surface area contributed by atoms with Crippen LogP contribution < -0.4 is 5.73 Å². The van der Waals surface area contributed by atoms with Gasteiger partial charge in [-0.05, 0) is 44.9 Å². The molecule has 0 radical (unpaired) electrons. The van der Waals surface area contributed by atoms with Crippen LogP contribution in [0.25, 0.3) is 16.9 Å². The highest BCUT2D eigenvalue weighted by Gasteiger charge is 2.15. The quantitative estimate of drug-likeness (QED) is 0.782. The maximum atomic E-state index is 6.32. The van der Waals surface area contributed by atoms with Crippen molar-refractivity contribution in [2.75, 3.05) is 5.73 Å². The molecule has 3 aromatic rings. The van der Waals surface area contributed by atoms with E-state index in [2.05, 4.69) is 68.3 Å². The first-order chi connectivity index (χ1) is 10.5. The Hall–Kier alpha value is -2.62. The van der Waals surface area contributed by atoms with E-state index in [-0.39, 0.29) is 0 Å². The van der Waals surface area contributed by atoms with E-state index in [9.17, 15) is 0 Å². The van der Waals surface area contributed by atoms with E-state index in [0.717, 1.165) is 28.1 Å². The van der Waals surface area contributed by atoms with Gasteiger partial charge in [0.2, 0.25) is 0 Å². The van der Waals surface area contributed by atoms with E-state index in [4.69, 9.17) is 5.73 Å². The zero-order valence-corrected chi connectivity index (χ0v) is 13.4. The van der Waals surface area contributed by atoms with Gasteiger partial charge in [0.05, 0.1) is 5.69 Å². The van der Waals surface area contributed by atoms with E-state index < -0.39 is 0 Å². The third-order valence-electron chi connectivity index (χ3n) is 3.92. The highest BCUT2D eigenvalue weighted by molar-refractivity contribution is 5.74. The van der Waals surface area contributed by atoms with Crippen molar-refractivity contribution in [1.82, 2.24) is 15.0 Å². The smallest absolute Gasteiger partial charge is 0.155 e. The minimum Gasteiger partial charge on any atom is -0.382 e. The molecule has 22 heavy (non-hydrogen) atoms. The molecule has 0 aliphatic carbocycles. The molecule has 0 fully saturated rings. The summed E-state index contributed by atoms with van der Waals surface area (Å²) >= 11 is 0. The van der Waals surface area contributed by atoms with Gasteiger partial charge in [0.15, 0.2) is 5.82 Å². The number of hydrogen-bond donors (Lipinski definition) is 1. The molecule has 1 heterocycles. The van der Waals surface area contributed by atoms with Crippen molar-refractivity contribution in [3.63, 3.8) is 0 Å². The fraction of sp³-hybridized carbons (Fsp3) is 0.222. The molecule has 0 saturated heterocycles. The minimum atomic E-state index is 0.568. The van der Waals surface area contributed by atoms with E-state index in [1.165, 1.54) is 11.1 Å². The molecular weight excluding hydrogens is 272 g/mol. The lowest BCUT2D eigenvalue weighted by Crippen LogP contribution is -2.04. The van der Waals surface area contributed by atoms with Crippen LogP contribution in [0.1, 0.15) is 22.3 Å². The first-order valence-electron chi connectivity index (χ1n) is 7.34. The van der Waals surface area contributed by atoms with Crippen molar-refractivity contribution in [3.8, 4) is 16.9 Å². The second-order valence-corrected chi connectivity index (χ2v) is 5.84. The first-order valence-corrected chi connectivity index (χ1v) is 7.34. The molecule has 112 valence electrons. The second kappa shape index (κ2) is 5.30. The molecule has 2 aromatic carbocycles. The molecular formula is C18H20N4. The van der Waals surface area contributed by atoms with Crippen molar-refractivity contribution in [3.05, 3.63) is 58.7 Å². The van der Waals surface area contributed by atoms with Gasteiger partial charge in [-0.15, -0.1) is 5.10 Å². The normalized spacial score (nSPS) is 10.9. The number of aromatic nitrogens is 3. The first kappa shape index (κ1) is 14.3. The van der Waals surface area contributed by atoms with Crippen LogP contribution in [0, 0.1) is 27.7 Å². The van der Waals surface area contributed by atoms with E-state index in [1.54, 1.807) is 4.68 Å². The zero-order valence-electron chi connectivity index (χ0n) is 13.4. The number of nitrogens with two attached hydrogens (primary N) is 1. The molecule has 0 unspecified atom stereocenters. The molecule has 0 spiro atoms. The number of benzene rings is 2. The number of rotatable bonds is 2. The Balaban J connectivity index is 2.13. The van der Waals surface area contributed by atoms with Gasteiger partial charge in [-0.2, -0.15) is 4.68 Å². The monoisotopic (exact) mass is 292 g/mol. The number of nitrogen functional groups attached to an aromatic ring is 1. The van der Waals surface area contributed by atoms with Crippen molar-refractivity contribution < 1.29 is 0 Å². The standard InChI is InChI=1S/C18H20N4/c1-11-5-7-15(13(3)9-11)17-18(19)22(21-20-17)16-8-6-12(2)10-14(16)4/h5-10H,19H2,1-4H3. The van der Waals surface area contributed by atoms with Crippen LogP contribution in [0.5, 0.6) is 0 Å². The summed E-state index contributed by atoms with van der Waals surface area (Å²) in [5.41, 5.74) is 13.8. The molecule has 2 N–H and O–H groups in total. The van der Waals surface area contributed by atoms with E-state index in [1.807, 2.05) is 6.07 Å². The summed E-state index contributed by atoms with van der Waals surface area (Å²) in [6.07, 6.45) is 0. The average molecular weight is 292 g/mol. The lowest BCUT2D eigenvalue weighted by atomic mass is 10.0. The Kier molecular flexibility index (Phi) is 3.45. The van der Waals surface area contributed by atoms with Crippen molar-refractivity contribution in [1.29, 1.82) is 0 Å². The fourth-order valence-electron chi connectivity index (χ4n) is 2.78. The minimum absolute atomic E-state index is 0.568. The van der Waals surface area contributed by atoms with Crippen molar-refractivity contribution in [2.45, 2.75) is 27.7 Å². The molecule has 0 saturated carbocycles. The largest absolute Gasteiger partial charge is 0.382 e.